The van der Waals surface area contributed by atoms with Crippen molar-refractivity contribution in [3.8, 4) is 0 Å². The number of carbonyl (C=O) groups is 3. The molecule has 2 N–H and O–H groups in total. The summed E-state index contributed by atoms with van der Waals surface area (Å²) in [6.45, 7) is 3.35. The van der Waals surface area contributed by atoms with Gasteiger partial charge in [-0.05, 0) is 37.0 Å². The van der Waals surface area contributed by atoms with E-state index in [0.717, 1.165) is 29.7 Å². The van der Waals surface area contributed by atoms with Crippen LogP contribution in [-0.4, -0.2) is 48.5 Å². The smallest absolute Gasteiger partial charge is 0.409 e. The van der Waals surface area contributed by atoms with Crippen molar-refractivity contribution in [1.82, 2.24) is 10.2 Å². The summed E-state index contributed by atoms with van der Waals surface area (Å²) in [5, 5.41) is 5.82. The third-order valence-electron chi connectivity index (χ3n) is 4.55. The molecule has 0 unspecified atom stereocenters. The minimum Gasteiger partial charge on any atom is -0.450 e. The zero-order chi connectivity index (χ0) is 17.8. The van der Waals surface area contributed by atoms with Crippen LogP contribution < -0.4 is 10.6 Å². The van der Waals surface area contributed by atoms with Crippen LogP contribution in [0.2, 0.25) is 0 Å². The van der Waals surface area contributed by atoms with Crippen molar-refractivity contribution in [2.75, 3.05) is 25.0 Å². The average Bonchev–Trinajstić information content (AvgIpc) is 2.95. The first-order valence-electron chi connectivity index (χ1n) is 8.68. The fourth-order valence-electron chi connectivity index (χ4n) is 3.28. The molecule has 0 bridgehead atoms. The fourth-order valence-corrected chi connectivity index (χ4v) is 3.28. The van der Waals surface area contributed by atoms with Crippen LogP contribution in [0.1, 0.15) is 30.9 Å². The van der Waals surface area contributed by atoms with E-state index in [9.17, 15) is 14.4 Å². The van der Waals surface area contributed by atoms with Crippen molar-refractivity contribution in [2.45, 2.75) is 38.6 Å². The molecule has 0 atom stereocenters. The number of ether oxygens (including phenoxy) is 1. The number of amides is 3. The molecule has 0 aliphatic carbocycles. The Morgan fingerprint density at radius 1 is 1.32 bits per heavy atom. The number of rotatable bonds is 4. The van der Waals surface area contributed by atoms with Gasteiger partial charge in [0.15, 0.2) is 0 Å². The molecule has 1 aromatic rings. The van der Waals surface area contributed by atoms with Gasteiger partial charge < -0.3 is 20.3 Å². The number of nitrogens with one attached hydrogen (secondary N) is 2. The van der Waals surface area contributed by atoms with Crippen LogP contribution in [0, 0.1) is 0 Å². The summed E-state index contributed by atoms with van der Waals surface area (Å²) in [5.74, 6) is -0.0446. The highest BCUT2D eigenvalue weighted by molar-refractivity contribution is 5.99. The van der Waals surface area contributed by atoms with Gasteiger partial charge in [0.05, 0.1) is 19.4 Å². The SMILES string of the molecule is CCOC(=O)N1CCC(NC(=O)Cc2ccc3c(c2)CC(=O)N3)CC1. The van der Waals surface area contributed by atoms with E-state index in [1.54, 1.807) is 11.8 Å². The number of benzene rings is 1. The molecule has 1 fully saturated rings. The number of nitrogens with zero attached hydrogens (tertiary/aromatic N) is 1. The van der Waals surface area contributed by atoms with Gasteiger partial charge in [0.25, 0.3) is 0 Å². The normalized spacial score (nSPS) is 17.0. The van der Waals surface area contributed by atoms with E-state index < -0.39 is 0 Å². The van der Waals surface area contributed by atoms with Gasteiger partial charge in [0.1, 0.15) is 0 Å². The number of carbonyl (C=O) groups excluding carboxylic acids is 3. The summed E-state index contributed by atoms with van der Waals surface area (Å²) >= 11 is 0. The number of hydrogen-bond acceptors (Lipinski definition) is 4. The van der Waals surface area contributed by atoms with Crippen LogP contribution in [0.15, 0.2) is 18.2 Å². The summed E-state index contributed by atoms with van der Waals surface area (Å²) in [4.78, 5) is 37.0. The second kappa shape index (κ2) is 7.55. The predicted octanol–water partition coefficient (Wildman–Crippen LogP) is 1.46. The van der Waals surface area contributed by atoms with E-state index in [4.69, 9.17) is 4.74 Å². The van der Waals surface area contributed by atoms with E-state index in [1.165, 1.54) is 0 Å². The number of likely N-dealkylation sites (tertiary alicyclic amines) is 1. The van der Waals surface area contributed by atoms with Crippen molar-refractivity contribution in [2.24, 2.45) is 0 Å². The van der Waals surface area contributed by atoms with Crippen LogP contribution >= 0.6 is 0 Å². The number of anilines is 1. The summed E-state index contributed by atoms with van der Waals surface area (Å²) in [6, 6.07) is 5.71. The molecular formula is C18H23N3O4. The van der Waals surface area contributed by atoms with Gasteiger partial charge in [-0.2, -0.15) is 0 Å². The Morgan fingerprint density at radius 3 is 2.80 bits per heavy atom. The van der Waals surface area contributed by atoms with E-state index in [1.807, 2.05) is 18.2 Å². The first kappa shape index (κ1) is 17.3. The molecule has 2 heterocycles. The number of fused-ring (bicyclic) bond motifs is 1. The maximum Gasteiger partial charge on any atom is 0.409 e. The lowest BCUT2D eigenvalue weighted by Crippen LogP contribution is -2.47. The first-order valence-corrected chi connectivity index (χ1v) is 8.68. The molecule has 1 saturated heterocycles. The largest absolute Gasteiger partial charge is 0.450 e. The van der Waals surface area contributed by atoms with E-state index >= 15 is 0 Å². The second-order valence-electron chi connectivity index (χ2n) is 6.42. The minimum absolute atomic E-state index is 0.00930. The summed E-state index contributed by atoms with van der Waals surface area (Å²) < 4.78 is 4.99. The molecule has 0 spiro atoms. The molecular weight excluding hydrogens is 322 g/mol. The Hall–Kier alpha value is -2.57. The van der Waals surface area contributed by atoms with E-state index in [2.05, 4.69) is 10.6 Å². The molecule has 7 heteroatoms. The highest BCUT2D eigenvalue weighted by atomic mass is 16.6. The summed E-state index contributed by atoms with van der Waals surface area (Å²) in [7, 11) is 0. The summed E-state index contributed by atoms with van der Waals surface area (Å²) in [5.41, 5.74) is 2.68. The van der Waals surface area contributed by atoms with Crippen molar-refractivity contribution in [3.63, 3.8) is 0 Å². The van der Waals surface area contributed by atoms with Gasteiger partial charge >= 0.3 is 6.09 Å². The van der Waals surface area contributed by atoms with Crippen molar-refractivity contribution in [1.29, 1.82) is 0 Å². The van der Waals surface area contributed by atoms with E-state index in [-0.39, 0.29) is 23.9 Å². The van der Waals surface area contributed by atoms with Crippen LogP contribution in [-0.2, 0) is 27.2 Å². The minimum atomic E-state index is -0.284. The third kappa shape index (κ3) is 4.29. The van der Waals surface area contributed by atoms with Crippen molar-refractivity contribution in [3.05, 3.63) is 29.3 Å². The maximum atomic E-state index is 12.3. The predicted molar refractivity (Wildman–Crippen MR) is 92.2 cm³/mol. The Morgan fingerprint density at radius 2 is 2.08 bits per heavy atom. The third-order valence-corrected chi connectivity index (χ3v) is 4.55. The molecule has 0 aromatic heterocycles. The monoisotopic (exact) mass is 345 g/mol. The number of hydrogen-bond donors (Lipinski definition) is 2. The molecule has 2 aliphatic heterocycles. The van der Waals surface area contributed by atoms with Crippen molar-refractivity contribution < 1.29 is 19.1 Å². The topological polar surface area (TPSA) is 87.7 Å². The van der Waals surface area contributed by atoms with Gasteiger partial charge in [-0.15, -0.1) is 0 Å². The second-order valence-corrected chi connectivity index (χ2v) is 6.42. The Balaban J connectivity index is 1.47. The molecule has 3 amide bonds. The van der Waals surface area contributed by atoms with Crippen LogP contribution in [0.25, 0.3) is 0 Å². The van der Waals surface area contributed by atoms with Crippen LogP contribution in [0.5, 0.6) is 0 Å². The van der Waals surface area contributed by atoms with Gasteiger partial charge in [0.2, 0.25) is 11.8 Å². The fraction of sp³-hybridized carbons (Fsp3) is 0.500. The molecule has 25 heavy (non-hydrogen) atoms. The summed E-state index contributed by atoms with van der Waals surface area (Å²) in [6.07, 6.45) is 1.84. The first-order chi connectivity index (χ1) is 12.0. The number of piperidine rings is 1. The molecule has 3 rings (SSSR count). The molecule has 134 valence electrons. The lowest BCUT2D eigenvalue weighted by Gasteiger charge is -2.31. The zero-order valence-corrected chi connectivity index (χ0v) is 14.3. The lowest BCUT2D eigenvalue weighted by molar-refractivity contribution is -0.121. The van der Waals surface area contributed by atoms with Gasteiger partial charge in [-0.25, -0.2) is 4.79 Å². The Bertz CT molecular complexity index is 681. The molecule has 0 saturated carbocycles. The van der Waals surface area contributed by atoms with E-state index in [0.29, 0.717) is 32.5 Å². The molecule has 0 radical (unpaired) electrons. The average molecular weight is 345 g/mol. The highest BCUT2D eigenvalue weighted by Crippen LogP contribution is 2.24. The van der Waals surface area contributed by atoms with Gasteiger partial charge in [-0.1, -0.05) is 12.1 Å². The molecule has 7 nitrogen and oxygen atoms in total. The van der Waals surface area contributed by atoms with Gasteiger partial charge in [0, 0.05) is 24.8 Å². The molecule has 2 aliphatic rings. The lowest BCUT2D eigenvalue weighted by atomic mass is 10.0. The quantitative estimate of drug-likeness (QED) is 0.865. The molecule has 1 aromatic carbocycles. The Labute approximate surface area is 146 Å². The standard InChI is InChI=1S/C18H23N3O4/c1-2-25-18(24)21-7-5-14(6-8-21)19-16(22)10-12-3-4-15-13(9-12)11-17(23)20-15/h3-4,9,14H,2,5-8,10-11H2,1H3,(H,19,22)(H,20,23). The van der Waals surface area contributed by atoms with Crippen LogP contribution in [0.3, 0.4) is 0 Å². The Kier molecular flexibility index (Phi) is 5.21. The van der Waals surface area contributed by atoms with Crippen molar-refractivity contribution >= 4 is 23.6 Å². The maximum absolute atomic E-state index is 12.3. The van der Waals surface area contributed by atoms with Gasteiger partial charge in [-0.3, -0.25) is 9.59 Å². The van der Waals surface area contributed by atoms with Crippen LogP contribution in [0.4, 0.5) is 10.5 Å². The zero-order valence-electron chi connectivity index (χ0n) is 14.3. The highest BCUT2D eigenvalue weighted by Gasteiger charge is 2.24.